The summed E-state index contributed by atoms with van der Waals surface area (Å²) in [6.45, 7) is 8.35. The molecular weight excluding hydrogens is 300 g/mol. The highest BCUT2D eigenvalue weighted by Crippen LogP contribution is 2.26. The topological polar surface area (TPSA) is 35.6 Å². The van der Waals surface area contributed by atoms with Crippen LogP contribution in [-0.4, -0.2) is 61.5 Å². The summed E-state index contributed by atoms with van der Waals surface area (Å²) in [6, 6.07) is 3.33. The molecule has 2 aliphatic heterocycles. The van der Waals surface area contributed by atoms with Crippen molar-refractivity contribution in [3.05, 3.63) is 35.4 Å². The van der Waals surface area contributed by atoms with Gasteiger partial charge in [0.1, 0.15) is 0 Å². The number of rotatable bonds is 3. The fourth-order valence-electron chi connectivity index (χ4n) is 3.46. The van der Waals surface area contributed by atoms with E-state index in [2.05, 4.69) is 17.1 Å². The second-order valence-corrected chi connectivity index (χ2v) is 6.93. The zero-order valence-corrected chi connectivity index (χ0v) is 13.4. The summed E-state index contributed by atoms with van der Waals surface area (Å²) in [5, 5.41) is 3.40. The van der Waals surface area contributed by atoms with E-state index in [4.69, 9.17) is 0 Å². The van der Waals surface area contributed by atoms with Crippen molar-refractivity contribution >= 4 is 5.91 Å². The van der Waals surface area contributed by atoms with E-state index >= 15 is 0 Å². The lowest BCUT2D eigenvalue weighted by atomic mass is 9.89. The third-order valence-electron chi connectivity index (χ3n) is 4.89. The number of hydrogen-bond acceptors (Lipinski definition) is 3. The summed E-state index contributed by atoms with van der Waals surface area (Å²) in [7, 11) is 0. The average Bonchev–Trinajstić information content (AvgIpc) is 2.96. The molecule has 0 radical (unpaired) electrons. The number of carbonyl (C=O) groups excluding carboxylic acids is 1. The van der Waals surface area contributed by atoms with Crippen LogP contribution in [0.25, 0.3) is 0 Å². The largest absolute Gasteiger partial charge is 0.336 e. The Balaban J connectivity index is 1.55. The maximum absolute atomic E-state index is 13.3. The van der Waals surface area contributed by atoms with Crippen molar-refractivity contribution in [1.82, 2.24) is 15.1 Å². The molecule has 2 heterocycles. The molecular formula is C17H23F2N3O. The molecule has 1 amide bonds. The lowest BCUT2D eigenvalue weighted by molar-refractivity contribution is 0.0581. The van der Waals surface area contributed by atoms with Crippen molar-refractivity contribution in [3.63, 3.8) is 0 Å². The minimum atomic E-state index is -0.976. The molecule has 0 aromatic heterocycles. The second kappa shape index (κ2) is 6.53. The lowest BCUT2D eigenvalue weighted by Gasteiger charge is -2.38. The maximum atomic E-state index is 13.3. The molecule has 1 atom stereocenters. The van der Waals surface area contributed by atoms with Crippen LogP contribution >= 0.6 is 0 Å². The summed E-state index contributed by atoms with van der Waals surface area (Å²) < 4.78 is 26.3. The number of benzene rings is 1. The molecule has 23 heavy (non-hydrogen) atoms. The Morgan fingerprint density at radius 2 is 1.96 bits per heavy atom. The molecule has 1 aromatic carbocycles. The van der Waals surface area contributed by atoms with Crippen LogP contribution in [0.3, 0.4) is 0 Å². The number of carbonyl (C=O) groups is 1. The highest BCUT2D eigenvalue weighted by atomic mass is 19.2. The Morgan fingerprint density at radius 3 is 2.57 bits per heavy atom. The summed E-state index contributed by atoms with van der Waals surface area (Å²) >= 11 is 0. The first-order valence-electron chi connectivity index (χ1n) is 8.14. The molecule has 2 aliphatic rings. The zero-order chi connectivity index (χ0) is 16.4. The number of nitrogens with zero attached hydrogens (tertiary/aromatic N) is 2. The van der Waals surface area contributed by atoms with Gasteiger partial charge in [-0.25, -0.2) is 8.78 Å². The third kappa shape index (κ3) is 3.70. The molecule has 0 spiro atoms. The molecule has 2 saturated heterocycles. The van der Waals surface area contributed by atoms with Crippen LogP contribution in [0.2, 0.25) is 0 Å². The molecule has 0 bridgehead atoms. The molecule has 3 rings (SSSR count). The van der Waals surface area contributed by atoms with E-state index in [9.17, 15) is 13.6 Å². The van der Waals surface area contributed by atoms with E-state index in [-0.39, 0.29) is 11.5 Å². The Labute approximate surface area is 135 Å². The highest BCUT2D eigenvalue weighted by Gasteiger charge is 2.32. The predicted molar refractivity (Wildman–Crippen MR) is 84.3 cm³/mol. The highest BCUT2D eigenvalue weighted by molar-refractivity contribution is 5.94. The minimum Gasteiger partial charge on any atom is -0.336 e. The van der Waals surface area contributed by atoms with Crippen LogP contribution in [-0.2, 0) is 0 Å². The number of nitrogens with one attached hydrogen (secondary N) is 1. The maximum Gasteiger partial charge on any atom is 0.254 e. The predicted octanol–water partition coefficient (Wildman–Crippen LogP) is 1.72. The SMILES string of the molecule is CC1(CN2CCN(C(=O)c3ccc(F)c(F)c3)CC2)CCNC1. The molecule has 1 unspecified atom stereocenters. The van der Waals surface area contributed by atoms with Crippen LogP contribution in [0.1, 0.15) is 23.7 Å². The number of piperazine rings is 1. The normalized spacial score (nSPS) is 25.8. The minimum absolute atomic E-state index is 0.212. The van der Waals surface area contributed by atoms with Gasteiger partial charge in [0, 0.05) is 44.8 Å². The average molecular weight is 323 g/mol. The van der Waals surface area contributed by atoms with Crippen LogP contribution in [0, 0.1) is 17.0 Å². The first kappa shape index (κ1) is 16.3. The van der Waals surface area contributed by atoms with Gasteiger partial charge in [0.2, 0.25) is 0 Å². The van der Waals surface area contributed by atoms with Gasteiger partial charge < -0.3 is 10.2 Å². The van der Waals surface area contributed by atoms with Crippen molar-refractivity contribution in [2.45, 2.75) is 13.3 Å². The second-order valence-electron chi connectivity index (χ2n) is 6.93. The molecule has 4 nitrogen and oxygen atoms in total. The van der Waals surface area contributed by atoms with Gasteiger partial charge in [-0.3, -0.25) is 9.69 Å². The Morgan fingerprint density at radius 1 is 1.22 bits per heavy atom. The van der Waals surface area contributed by atoms with Crippen LogP contribution in [0.4, 0.5) is 8.78 Å². The summed E-state index contributed by atoms with van der Waals surface area (Å²) in [5.41, 5.74) is 0.524. The van der Waals surface area contributed by atoms with Crippen molar-refractivity contribution < 1.29 is 13.6 Å². The summed E-state index contributed by atoms with van der Waals surface area (Å²) in [5.74, 6) is -2.13. The zero-order valence-electron chi connectivity index (χ0n) is 13.4. The van der Waals surface area contributed by atoms with E-state index in [1.54, 1.807) is 4.90 Å². The van der Waals surface area contributed by atoms with Gasteiger partial charge in [-0.15, -0.1) is 0 Å². The molecule has 0 saturated carbocycles. The van der Waals surface area contributed by atoms with Crippen molar-refractivity contribution in [3.8, 4) is 0 Å². The molecule has 1 N–H and O–H groups in total. The lowest BCUT2D eigenvalue weighted by Crippen LogP contribution is -2.51. The van der Waals surface area contributed by atoms with E-state index in [0.717, 1.165) is 44.9 Å². The first-order valence-corrected chi connectivity index (χ1v) is 8.14. The monoisotopic (exact) mass is 323 g/mol. The van der Waals surface area contributed by atoms with Crippen LogP contribution < -0.4 is 5.32 Å². The van der Waals surface area contributed by atoms with E-state index in [1.165, 1.54) is 12.5 Å². The molecule has 2 fully saturated rings. The quantitative estimate of drug-likeness (QED) is 0.920. The number of halogens is 2. The molecule has 0 aliphatic carbocycles. The van der Waals surface area contributed by atoms with Gasteiger partial charge in [0.05, 0.1) is 0 Å². The third-order valence-corrected chi connectivity index (χ3v) is 4.89. The number of amides is 1. The molecule has 6 heteroatoms. The fraction of sp³-hybridized carbons (Fsp3) is 0.588. The summed E-state index contributed by atoms with van der Waals surface area (Å²) in [4.78, 5) is 16.5. The van der Waals surface area contributed by atoms with E-state index < -0.39 is 11.6 Å². The molecule has 126 valence electrons. The molecule has 1 aromatic rings. The Kier molecular flexibility index (Phi) is 4.64. The van der Waals surface area contributed by atoms with Gasteiger partial charge in [0.25, 0.3) is 5.91 Å². The van der Waals surface area contributed by atoms with E-state index in [0.29, 0.717) is 18.5 Å². The van der Waals surface area contributed by atoms with Gasteiger partial charge >= 0.3 is 0 Å². The van der Waals surface area contributed by atoms with Crippen LogP contribution in [0.5, 0.6) is 0 Å². The summed E-state index contributed by atoms with van der Waals surface area (Å²) in [6.07, 6.45) is 1.18. The van der Waals surface area contributed by atoms with Crippen LogP contribution in [0.15, 0.2) is 18.2 Å². The Bertz CT molecular complexity index is 579. The Hall–Kier alpha value is -1.53. The van der Waals surface area contributed by atoms with Gasteiger partial charge in [0.15, 0.2) is 11.6 Å². The fourth-order valence-corrected chi connectivity index (χ4v) is 3.46. The van der Waals surface area contributed by atoms with Crippen molar-refractivity contribution in [2.75, 3.05) is 45.8 Å². The standard InChI is InChI=1S/C17H23F2N3O/c1-17(4-5-20-11-17)12-21-6-8-22(9-7-21)16(23)13-2-3-14(18)15(19)10-13/h2-3,10,20H,4-9,11-12H2,1H3. The first-order chi connectivity index (χ1) is 11.0. The van der Waals surface area contributed by atoms with E-state index in [1.807, 2.05) is 0 Å². The smallest absolute Gasteiger partial charge is 0.254 e. The number of hydrogen-bond donors (Lipinski definition) is 1. The van der Waals surface area contributed by atoms with Gasteiger partial charge in [-0.2, -0.15) is 0 Å². The van der Waals surface area contributed by atoms with Gasteiger partial charge in [-0.05, 0) is 36.6 Å². The van der Waals surface area contributed by atoms with Crippen molar-refractivity contribution in [1.29, 1.82) is 0 Å². The van der Waals surface area contributed by atoms with Crippen molar-refractivity contribution in [2.24, 2.45) is 5.41 Å². The van der Waals surface area contributed by atoms with Gasteiger partial charge in [-0.1, -0.05) is 6.92 Å².